The lowest BCUT2D eigenvalue weighted by Crippen LogP contribution is -2.53. The van der Waals surface area contributed by atoms with Gasteiger partial charge in [0.1, 0.15) is 5.82 Å². The van der Waals surface area contributed by atoms with Crippen LogP contribution in [0.3, 0.4) is 0 Å². The lowest BCUT2D eigenvalue weighted by atomic mass is 10.00. The van der Waals surface area contributed by atoms with Crippen LogP contribution in [-0.4, -0.2) is 51.9 Å². The van der Waals surface area contributed by atoms with Crippen LogP contribution in [0, 0.1) is 5.82 Å². The van der Waals surface area contributed by atoms with Crippen LogP contribution in [-0.2, 0) is 0 Å². The maximum absolute atomic E-state index is 13.4. The lowest BCUT2D eigenvalue weighted by molar-refractivity contribution is 0.0497. The van der Waals surface area contributed by atoms with E-state index in [0.29, 0.717) is 24.2 Å². The Hall–Kier alpha value is -1.86. The second kappa shape index (κ2) is 7.87. The van der Waals surface area contributed by atoms with E-state index in [2.05, 4.69) is 15.9 Å². The Bertz CT molecular complexity index is 898. The first-order chi connectivity index (χ1) is 13.5. The molecule has 2 aliphatic heterocycles. The first-order valence-corrected chi connectivity index (χ1v) is 11.0. The van der Waals surface area contributed by atoms with Gasteiger partial charge in [0.15, 0.2) is 0 Å². The second-order valence-electron chi connectivity index (χ2n) is 7.06. The largest absolute Gasteiger partial charge is 0.338 e. The Morgan fingerprint density at radius 3 is 2.36 bits per heavy atom. The maximum atomic E-state index is 13.4. The zero-order valence-corrected chi connectivity index (χ0v) is 17.6. The summed E-state index contributed by atoms with van der Waals surface area (Å²) in [6, 6.07) is 13.2. The third kappa shape index (κ3) is 3.70. The molecule has 146 valence electrons. The number of benzene rings is 2. The maximum Gasteiger partial charge on any atom is 0.254 e. The molecule has 0 bridgehead atoms. The summed E-state index contributed by atoms with van der Waals surface area (Å²) >= 11 is 5.21. The van der Waals surface area contributed by atoms with Gasteiger partial charge in [-0.3, -0.25) is 9.59 Å². The molecule has 2 aliphatic rings. The molecule has 2 saturated heterocycles. The quantitative estimate of drug-likeness (QED) is 0.663. The second-order valence-corrected chi connectivity index (χ2v) is 9.43. The van der Waals surface area contributed by atoms with Gasteiger partial charge in [-0.05, 0) is 55.3 Å². The molecular formula is C21H20BrFN2O2S. The van der Waals surface area contributed by atoms with E-state index in [0.717, 1.165) is 29.6 Å². The number of carbonyl (C=O) groups is 2. The van der Waals surface area contributed by atoms with Crippen LogP contribution in [0.5, 0.6) is 0 Å². The summed E-state index contributed by atoms with van der Waals surface area (Å²) in [4.78, 5) is 29.3. The van der Waals surface area contributed by atoms with Crippen molar-refractivity contribution in [3.05, 3.63) is 69.9 Å². The number of thioether (sulfide) groups is 1. The Morgan fingerprint density at radius 1 is 0.964 bits per heavy atom. The summed E-state index contributed by atoms with van der Waals surface area (Å²) in [6.45, 7) is 1.84. The molecule has 4 rings (SSSR count). The Morgan fingerprint density at radius 2 is 1.68 bits per heavy atom. The fraction of sp³-hybridized carbons (Fsp3) is 0.333. The number of rotatable bonds is 2. The van der Waals surface area contributed by atoms with Gasteiger partial charge in [0, 0.05) is 41.0 Å². The van der Waals surface area contributed by atoms with Crippen molar-refractivity contribution in [2.75, 3.05) is 25.4 Å². The van der Waals surface area contributed by atoms with Crippen molar-refractivity contribution in [2.24, 2.45) is 0 Å². The molecule has 0 atom stereocenters. The van der Waals surface area contributed by atoms with E-state index in [1.54, 1.807) is 17.0 Å². The minimum absolute atomic E-state index is 0.0439. The highest BCUT2D eigenvalue weighted by Crippen LogP contribution is 2.44. The molecule has 0 unspecified atom stereocenters. The SMILES string of the molecule is O=C(c1cccc(F)c1)N1CCC2(CC1)SCCN2C(=O)c1ccc(Br)cc1. The fourth-order valence-electron chi connectivity index (χ4n) is 3.92. The van der Waals surface area contributed by atoms with Gasteiger partial charge in [-0.2, -0.15) is 0 Å². The van der Waals surface area contributed by atoms with Gasteiger partial charge in [0.05, 0.1) is 4.87 Å². The van der Waals surface area contributed by atoms with Crippen molar-refractivity contribution >= 4 is 39.5 Å². The van der Waals surface area contributed by atoms with Crippen molar-refractivity contribution < 1.29 is 14.0 Å². The predicted molar refractivity (Wildman–Crippen MR) is 112 cm³/mol. The van der Waals surface area contributed by atoms with Gasteiger partial charge in [-0.1, -0.05) is 22.0 Å². The summed E-state index contributed by atoms with van der Waals surface area (Å²) in [5, 5.41) is 0. The molecular weight excluding hydrogens is 443 g/mol. The van der Waals surface area contributed by atoms with E-state index in [1.807, 2.05) is 40.9 Å². The molecule has 0 aliphatic carbocycles. The molecule has 28 heavy (non-hydrogen) atoms. The van der Waals surface area contributed by atoms with Gasteiger partial charge in [-0.15, -0.1) is 11.8 Å². The van der Waals surface area contributed by atoms with Gasteiger partial charge in [-0.25, -0.2) is 4.39 Å². The van der Waals surface area contributed by atoms with Crippen LogP contribution in [0.1, 0.15) is 33.6 Å². The van der Waals surface area contributed by atoms with Crippen LogP contribution in [0.2, 0.25) is 0 Å². The normalized spacial score (nSPS) is 18.5. The lowest BCUT2D eigenvalue weighted by Gasteiger charge is -2.44. The topological polar surface area (TPSA) is 40.6 Å². The van der Waals surface area contributed by atoms with Crippen LogP contribution in [0.4, 0.5) is 4.39 Å². The number of likely N-dealkylation sites (tertiary alicyclic amines) is 1. The molecule has 0 saturated carbocycles. The molecule has 2 aromatic carbocycles. The smallest absolute Gasteiger partial charge is 0.254 e. The summed E-state index contributed by atoms with van der Waals surface area (Å²) in [7, 11) is 0. The third-order valence-electron chi connectivity index (χ3n) is 5.42. The zero-order chi connectivity index (χ0) is 19.7. The standard InChI is InChI=1S/C21H20BrFN2O2S/c22-17-6-4-15(5-7-17)20(27)25-12-13-28-21(25)8-10-24(11-9-21)19(26)16-2-1-3-18(23)14-16/h1-7,14H,8-13H2. The summed E-state index contributed by atoms with van der Waals surface area (Å²) in [6.07, 6.45) is 1.45. The summed E-state index contributed by atoms with van der Waals surface area (Å²) in [5.41, 5.74) is 1.06. The van der Waals surface area contributed by atoms with Crippen LogP contribution < -0.4 is 0 Å². The Balaban J connectivity index is 1.47. The van der Waals surface area contributed by atoms with E-state index in [9.17, 15) is 14.0 Å². The molecule has 0 aromatic heterocycles. The summed E-state index contributed by atoms with van der Waals surface area (Å²) < 4.78 is 14.4. The van der Waals surface area contributed by atoms with Crippen LogP contribution >= 0.6 is 27.7 Å². The van der Waals surface area contributed by atoms with E-state index >= 15 is 0 Å². The van der Waals surface area contributed by atoms with Crippen molar-refractivity contribution in [1.29, 1.82) is 0 Å². The van der Waals surface area contributed by atoms with Crippen molar-refractivity contribution in [2.45, 2.75) is 17.7 Å². The van der Waals surface area contributed by atoms with Crippen molar-refractivity contribution in [3.63, 3.8) is 0 Å². The number of piperidine rings is 1. The average molecular weight is 463 g/mol. The first kappa shape index (κ1) is 19.5. The molecule has 2 amide bonds. The molecule has 1 spiro atoms. The van der Waals surface area contributed by atoms with Crippen LogP contribution in [0.15, 0.2) is 53.0 Å². The minimum atomic E-state index is -0.406. The number of hydrogen-bond acceptors (Lipinski definition) is 3. The van der Waals surface area contributed by atoms with E-state index in [1.165, 1.54) is 12.1 Å². The van der Waals surface area contributed by atoms with Gasteiger partial charge >= 0.3 is 0 Å². The van der Waals surface area contributed by atoms with Crippen LogP contribution in [0.25, 0.3) is 0 Å². The number of nitrogens with zero attached hydrogens (tertiary/aromatic N) is 2. The number of hydrogen-bond donors (Lipinski definition) is 0. The highest BCUT2D eigenvalue weighted by Gasteiger charge is 2.47. The molecule has 2 heterocycles. The Labute approximate surface area is 176 Å². The molecule has 2 aromatic rings. The van der Waals surface area contributed by atoms with Gasteiger partial charge < -0.3 is 9.80 Å². The number of halogens is 2. The third-order valence-corrected chi connectivity index (χ3v) is 7.50. The average Bonchev–Trinajstić information content (AvgIpc) is 3.11. The predicted octanol–water partition coefficient (Wildman–Crippen LogP) is 4.41. The van der Waals surface area contributed by atoms with E-state index in [-0.39, 0.29) is 16.7 Å². The van der Waals surface area contributed by atoms with E-state index in [4.69, 9.17) is 0 Å². The number of amides is 2. The highest BCUT2D eigenvalue weighted by molar-refractivity contribution is 9.10. The fourth-order valence-corrected chi connectivity index (χ4v) is 5.64. The first-order valence-electron chi connectivity index (χ1n) is 9.25. The number of carbonyl (C=O) groups excluding carboxylic acids is 2. The molecule has 0 N–H and O–H groups in total. The molecule has 2 fully saturated rings. The zero-order valence-electron chi connectivity index (χ0n) is 15.2. The van der Waals surface area contributed by atoms with E-state index < -0.39 is 5.82 Å². The molecule has 4 nitrogen and oxygen atoms in total. The van der Waals surface area contributed by atoms with Crippen molar-refractivity contribution in [3.8, 4) is 0 Å². The van der Waals surface area contributed by atoms with Gasteiger partial charge in [0.2, 0.25) is 0 Å². The minimum Gasteiger partial charge on any atom is -0.338 e. The highest BCUT2D eigenvalue weighted by atomic mass is 79.9. The summed E-state index contributed by atoms with van der Waals surface area (Å²) in [5.74, 6) is 0.391. The van der Waals surface area contributed by atoms with Gasteiger partial charge in [0.25, 0.3) is 11.8 Å². The van der Waals surface area contributed by atoms with Crippen molar-refractivity contribution in [1.82, 2.24) is 9.80 Å². The Kier molecular flexibility index (Phi) is 5.47. The molecule has 0 radical (unpaired) electrons. The molecule has 7 heteroatoms. The monoisotopic (exact) mass is 462 g/mol.